The van der Waals surface area contributed by atoms with Crippen molar-refractivity contribution in [3.63, 3.8) is 0 Å². The van der Waals surface area contributed by atoms with Crippen molar-refractivity contribution >= 4 is 22.9 Å². The van der Waals surface area contributed by atoms with Gasteiger partial charge in [0.1, 0.15) is 11.3 Å². The number of hydrogen-bond donors (Lipinski definition) is 2. The lowest BCUT2D eigenvalue weighted by Crippen LogP contribution is -2.05. The lowest BCUT2D eigenvalue weighted by molar-refractivity contribution is -0.136. The number of rotatable bonds is 4. The molecule has 0 atom stereocenters. The lowest BCUT2D eigenvalue weighted by atomic mass is 10.1. The van der Waals surface area contributed by atoms with Crippen LogP contribution in [0.3, 0.4) is 0 Å². The van der Waals surface area contributed by atoms with Gasteiger partial charge in [-0.1, -0.05) is 24.3 Å². The highest BCUT2D eigenvalue weighted by Gasteiger charge is 2.13. The monoisotopic (exact) mass is 324 g/mol. The Balaban J connectivity index is 2.17. The molecule has 0 saturated heterocycles. The summed E-state index contributed by atoms with van der Waals surface area (Å²) < 4.78 is 5.75. The van der Waals surface area contributed by atoms with Crippen molar-refractivity contribution in [1.29, 1.82) is 0 Å². The molecule has 2 N–H and O–H groups in total. The summed E-state index contributed by atoms with van der Waals surface area (Å²) in [5.74, 6) is -1.83. The zero-order chi connectivity index (χ0) is 17.3. The minimum atomic E-state index is -1.05. The Morgan fingerprint density at radius 1 is 1.00 bits per heavy atom. The van der Waals surface area contributed by atoms with Crippen LogP contribution in [-0.2, 0) is 11.2 Å². The molecule has 3 aromatic rings. The highest BCUT2D eigenvalue weighted by Crippen LogP contribution is 2.25. The summed E-state index contributed by atoms with van der Waals surface area (Å²) in [5, 5.41) is 18.2. The maximum absolute atomic E-state index is 12.3. The van der Waals surface area contributed by atoms with E-state index < -0.39 is 11.9 Å². The van der Waals surface area contributed by atoms with E-state index in [1.807, 2.05) is 0 Å². The number of carbonyl (C=O) groups is 2. The average Bonchev–Trinajstić information content (AvgIpc) is 2.55. The Hall–Kier alpha value is -3.41. The van der Waals surface area contributed by atoms with E-state index in [0.717, 1.165) is 0 Å². The van der Waals surface area contributed by atoms with Crippen LogP contribution in [0.1, 0.15) is 15.9 Å². The third-order valence-electron chi connectivity index (χ3n) is 3.59. The first-order valence-corrected chi connectivity index (χ1v) is 7.07. The summed E-state index contributed by atoms with van der Waals surface area (Å²) in [6, 6.07) is 12.0. The second-order valence-corrected chi connectivity index (χ2v) is 5.22. The van der Waals surface area contributed by atoms with Crippen molar-refractivity contribution < 1.29 is 24.2 Å². The van der Waals surface area contributed by atoms with Gasteiger partial charge in [-0.05, 0) is 18.2 Å². The maximum atomic E-state index is 12.3. The summed E-state index contributed by atoms with van der Waals surface area (Å²) in [4.78, 5) is 34.2. The molecule has 0 fully saturated rings. The van der Waals surface area contributed by atoms with Crippen molar-refractivity contribution in [3.05, 3.63) is 69.9 Å². The van der Waals surface area contributed by atoms with E-state index in [1.165, 1.54) is 30.3 Å². The molecular weight excluding hydrogens is 312 g/mol. The summed E-state index contributed by atoms with van der Waals surface area (Å²) in [6.07, 6.45) is -0.262. The first-order valence-electron chi connectivity index (χ1n) is 7.07. The summed E-state index contributed by atoms with van der Waals surface area (Å²) in [7, 11) is 0. The Morgan fingerprint density at radius 3 is 2.33 bits per heavy atom. The standard InChI is InChI=1S/C18H12O6/c19-14-9-15(10-4-6-11(7-5-10)18(22)23)24-17-12(8-16(20)21)2-1-3-13(14)17/h1-7,9H,8H2,(H,20,21)(H,22,23). The minimum Gasteiger partial charge on any atom is -0.481 e. The summed E-state index contributed by atoms with van der Waals surface area (Å²) in [5.41, 5.74) is 0.990. The van der Waals surface area contributed by atoms with Crippen LogP contribution in [0.4, 0.5) is 0 Å². The molecule has 0 saturated carbocycles. The third kappa shape index (κ3) is 2.89. The molecule has 1 aromatic heterocycles. The predicted molar refractivity (Wildman–Crippen MR) is 86.2 cm³/mol. The minimum absolute atomic E-state index is 0.119. The Bertz CT molecular complexity index is 998. The Labute approximate surface area is 135 Å². The molecule has 1 heterocycles. The topological polar surface area (TPSA) is 105 Å². The molecule has 0 aliphatic carbocycles. The summed E-state index contributed by atoms with van der Waals surface area (Å²) >= 11 is 0. The number of hydrogen-bond acceptors (Lipinski definition) is 4. The van der Waals surface area contributed by atoms with Crippen LogP contribution in [0.25, 0.3) is 22.3 Å². The van der Waals surface area contributed by atoms with Crippen LogP contribution in [0.15, 0.2) is 57.7 Å². The van der Waals surface area contributed by atoms with E-state index in [2.05, 4.69) is 0 Å². The van der Waals surface area contributed by atoms with Gasteiger partial charge in [-0.3, -0.25) is 9.59 Å². The van der Waals surface area contributed by atoms with E-state index in [9.17, 15) is 14.4 Å². The number of benzene rings is 2. The fourth-order valence-electron chi connectivity index (χ4n) is 2.46. The van der Waals surface area contributed by atoms with E-state index in [1.54, 1.807) is 18.2 Å². The first-order chi connectivity index (χ1) is 11.5. The quantitative estimate of drug-likeness (QED) is 0.764. The van der Waals surface area contributed by atoms with Crippen molar-refractivity contribution in [2.75, 3.05) is 0 Å². The molecule has 120 valence electrons. The average molecular weight is 324 g/mol. The predicted octanol–water partition coefficient (Wildman–Crippen LogP) is 2.79. The van der Waals surface area contributed by atoms with Gasteiger partial charge in [0.25, 0.3) is 0 Å². The molecule has 6 heteroatoms. The first kappa shape index (κ1) is 15.5. The molecule has 0 aliphatic rings. The highest BCUT2D eigenvalue weighted by atomic mass is 16.4. The van der Waals surface area contributed by atoms with Gasteiger partial charge in [0, 0.05) is 17.2 Å². The zero-order valence-corrected chi connectivity index (χ0v) is 12.4. The third-order valence-corrected chi connectivity index (χ3v) is 3.59. The number of aromatic carboxylic acids is 1. The molecule has 0 radical (unpaired) electrons. The summed E-state index contributed by atoms with van der Waals surface area (Å²) in [6.45, 7) is 0. The smallest absolute Gasteiger partial charge is 0.335 e. The van der Waals surface area contributed by atoms with Crippen molar-refractivity contribution in [2.45, 2.75) is 6.42 Å². The molecule has 0 spiro atoms. The SMILES string of the molecule is O=C(O)Cc1cccc2c(=O)cc(-c3ccc(C(=O)O)cc3)oc12. The van der Waals surface area contributed by atoms with Crippen LogP contribution < -0.4 is 5.43 Å². The van der Waals surface area contributed by atoms with E-state index in [4.69, 9.17) is 14.6 Å². The molecule has 2 aromatic carbocycles. The molecule has 0 amide bonds. The van der Waals surface area contributed by atoms with Crippen LogP contribution in [0.5, 0.6) is 0 Å². The van der Waals surface area contributed by atoms with Crippen molar-refractivity contribution in [3.8, 4) is 11.3 Å². The Morgan fingerprint density at radius 2 is 1.71 bits per heavy atom. The fourth-order valence-corrected chi connectivity index (χ4v) is 2.46. The van der Waals surface area contributed by atoms with Crippen molar-refractivity contribution in [2.24, 2.45) is 0 Å². The number of carboxylic acid groups (broad SMARTS) is 2. The molecule has 3 rings (SSSR count). The van der Waals surface area contributed by atoms with Gasteiger partial charge < -0.3 is 14.6 Å². The molecule has 0 unspecified atom stereocenters. The number of para-hydroxylation sites is 1. The second kappa shape index (κ2) is 6.00. The number of fused-ring (bicyclic) bond motifs is 1. The highest BCUT2D eigenvalue weighted by molar-refractivity contribution is 5.88. The Kier molecular flexibility index (Phi) is 3.87. The number of carboxylic acids is 2. The van der Waals surface area contributed by atoms with Crippen LogP contribution >= 0.6 is 0 Å². The van der Waals surface area contributed by atoms with E-state index in [0.29, 0.717) is 16.5 Å². The fraction of sp³-hybridized carbons (Fsp3) is 0.0556. The van der Waals surface area contributed by atoms with Crippen molar-refractivity contribution in [1.82, 2.24) is 0 Å². The molecule has 6 nitrogen and oxygen atoms in total. The zero-order valence-electron chi connectivity index (χ0n) is 12.4. The second-order valence-electron chi connectivity index (χ2n) is 5.22. The maximum Gasteiger partial charge on any atom is 0.335 e. The van der Waals surface area contributed by atoms with Gasteiger partial charge in [0.15, 0.2) is 5.43 Å². The number of aliphatic carboxylic acids is 1. The van der Waals surface area contributed by atoms with Gasteiger partial charge in [-0.2, -0.15) is 0 Å². The van der Waals surface area contributed by atoms with Crippen LogP contribution in [0, 0.1) is 0 Å². The molecule has 24 heavy (non-hydrogen) atoms. The van der Waals surface area contributed by atoms with E-state index >= 15 is 0 Å². The van der Waals surface area contributed by atoms with Gasteiger partial charge in [-0.15, -0.1) is 0 Å². The van der Waals surface area contributed by atoms with Gasteiger partial charge in [-0.25, -0.2) is 4.79 Å². The molecule has 0 aliphatic heterocycles. The molecule has 0 bridgehead atoms. The van der Waals surface area contributed by atoms with Gasteiger partial charge >= 0.3 is 11.9 Å². The van der Waals surface area contributed by atoms with Gasteiger partial charge in [0.2, 0.25) is 0 Å². The molecular formula is C18H12O6. The van der Waals surface area contributed by atoms with E-state index in [-0.39, 0.29) is 28.8 Å². The van der Waals surface area contributed by atoms with Gasteiger partial charge in [0.05, 0.1) is 17.4 Å². The normalized spacial score (nSPS) is 10.7. The lowest BCUT2D eigenvalue weighted by Gasteiger charge is -2.07. The van der Waals surface area contributed by atoms with Crippen LogP contribution in [0.2, 0.25) is 0 Å². The van der Waals surface area contributed by atoms with Crippen LogP contribution in [-0.4, -0.2) is 22.2 Å². The largest absolute Gasteiger partial charge is 0.481 e.